The lowest BCUT2D eigenvalue weighted by atomic mass is 9.79. The number of rotatable bonds is 8. The maximum Gasteiger partial charge on any atom is 0.236 e. The highest BCUT2D eigenvalue weighted by molar-refractivity contribution is 6.06. The maximum atomic E-state index is 12.7. The fourth-order valence-electron chi connectivity index (χ4n) is 2.23. The van der Waals surface area contributed by atoms with Crippen molar-refractivity contribution in [3.05, 3.63) is 0 Å². The van der Waals surface area contributed by atoms with Crippen LogP contribution in [0, 0.1) is 5.41 Å². The predicted molar refractivity (Wildman–Crippen MR) is 75.0 cm³/mol. The van der Waals surface area contributed by atoms with Gasteiger partial charge in [-0.1, -0.05) is 19.0 Å². The molecule has 0 aliphatic heterocycles. The molecule has 0 radical (unpaired) electrons. The monoisotopic (exact) mass is 273 g/mol. The molecule has 112 valence electrons. The van der Waals surface area contributed by atoms with Crippen LogP contribution >= 0.6 is 0 Å². The summed E-state index contributed by atoms with van der Waals surface area (Å²) in [7, 11) is 0. The van der Waals surface area contributed by atoms with Crippen molar-refractivity contribution in [2.45, 2.75) is 53.0 Å². The second-order valence-electron chi connectivity index (χ2n) is 4.94. The van der Waals surface area contributed by atoms with E-state index in [0.717, 1.165) is 0 Å². The van der Waals surface area contributed by atoms with E-state index in [-0.39, 0.29) is 24.4 Å². The van der Waals surface area contributed by atoms with E-state index in [1.54, 1.807) is 4.90 Å². The fourth-order valence-corrected chi connectivity index (χ4v) is 2.23. The van der Waals surface area contributed by atoms with Crippen molar-refractivity contribution < 1.29 is 15.1 Å². The molecule has 0 bridgehead atoms. The van der Waals surface area contributed by atoms with Crippen LogP contribution in [0.15, 0.2) is 5.16 Å². The van der Waals surface area contributed by atoms with Gasteiger partial charge in [-0.25, -0.2) is 0 Å². The number of nitrogens with zero attached hydrogens (tertiary/aromatic N) is 2. The van der Waals surface area contributed by atoms with E-state index in [0.29, 0.717) is 25.8 Å². The minimum Gasteiger partial charge on any atom is -0.409 e. The molecule has 0 unspecified atom stereocenters. The smallest absolute Gasteiger partial charge is 0.236 e. The molecule has 6 nitrogen and oxygen atoms in total. The molecule has 0 aliphatic carbocycles. The van der Waals surface area contributed by atoms with Crippen LogP contribution in [0.2, 0.25) is 0 Å². The first-order valence-electron chi connectivity index (χ1n) is 6.81. The Labute approximate surface area is 115 Å². The zero-order valence-corrected chi connectivity index (χ0v) is 12.4. The van der Waals surface area contributed by atoms with Crippen molar-refractivity contribution in [2.75, 3.05) is 13.2 Å². The number of carbonyl (C=O) groups excluding carboxylic acids is 1. The molecule has 0 aromatic carbocycles. The van der Waals surface area contributed by atoms with Gasteiger partial charge < -0.3 is 20.9 Å². The van der Waals surface area contributed by atoms with Crippen molar-refractivity contribution in [3.8, 4) is 0 Å². The van der Waals surface area contributed by atoms with E-state index >= 15 is 0 Å². The Morgan fingerprint density at radius 2 is 1.89 bits per heavy atom. The summed E-state index contributed by atoms with van der Waals surface area (Å²) in [5.74, 6) is -0.187. The highest BCUT2D eigenvalue weighted by atomic mass is 16.4. The highest BCUT2D eigenvalue weighted by Gasteiger charge is 2.42. The molecular weight excluding hydrogens is 246 g/mol. The summed E-state index contributed by atoms with van der Waals surface area (Å²) in [5.41, 5.74) is 4.78. The van der Waals surface area contributed by atoms with Crippen molar-refractivity contribution in [3.63, 3.8) is 0 Å². The third kappa shape index (κ3) is 3.83. The van der Waals surface area contributed by atoms with Gasteiger partial charge in [0.25, 0.3) is 0 Å². The maximum absolute atomic E-state index is 12.7. The van der Waals surface area contributed by atoms with Crippen molar-refractivity contribution in [2.24, 2.45) is 16.3 Å². The number of aliphatic hydroxyl groups excluding tert-OH is 1. The normalized spacial score (nSPS) is 12.8. The predicted octanol–water partition coefficient (Wildman–Crippen LogP) is 1.16. The third-order valence-corrected chi connectivity index (χ3v) is 3.66. The highest BCUT2D eigenvalue weighted by Crippen LogP contribution is 2.30. The number of nitrogens with two attached hydrogens (primary N) is 1. The topological polar surface area (TPSA) is 99.2 Å². The van der Waals surface area contributed by atoms with Crippen LogP contribution in [0.25, 0.3) is 0 Å². The van der Waals surface area contributed by atoms with Gasteiger partial charge in [0, 0.05) is 19.2 Å². The van der Waals surface area contributed by atoms with Crippen molar-refractivity contribution in [1.29, 1.82) is 0 Å². The molecule has 4 N–H and O–H groups in total. The molecule has 0 aliphatic rings. The minimum atomic E-state index is -0.964. The number of hydrogen-bond donors (Lipinski definition) is 3. The Morgan fingerprint density at radius 1 is 1.37 bits per heavy atom. The van der Waals surface area contributed by atoms with Gasteiger partial charge >= 0.3 is 0 Å². The summed E-state index contributed by atoms with van der Waals surface area (Å²) in [6.45, 7) is 8.03. The van der Waals surface area contributed by atoms with Crippen LogP contribution in [0.3, 0.4) is 0 Å². The number of amides is 1. The van der Waals surface area contributed by atoms with E-state index in [4.69, 9.17) is 16.0 Å². The van der Waals surface area contributed by atoms with Gasteiger partial charge in [-0.3, -0.25) is 4.79 Å². The SMILES string of the molecule is CCC(CC)(C(=O)N(CCCO)C(C)C)C(N)=NO. The first-order valence-corrected chi connectivity index (χ1v) is 6.81. The molecule has 19 heavy (non-hydrogen) atoms. The summed E-state index contributed by atoms with van der Waals surface area (Å²) in [4.78, 5) is 14.4. The molecule has 0 saturated carbocycles. The lowest BCUT2D eigenvalue weighted by Crippen LogP contribution is -2.53. The summed E-state index contributed by atoms with van der Waals surface area (Å²) in [6.07, 6.45) is 1.46. The number of amidine groups is 1. The Morgan fingerprint density at radius 3 is 2.21 bits per heavy atom. The molecule has 0 spiro atoms. The molecular formula is C13H27N3O3. The Bertz CT molecular complexity index is 312. The molecule has 0 aromatic heterocycles. The van der Waals surface area contributed by atoms with Crippen molar-refractivity contribution >= 4 is 11.7 Å². The zero-order chi connectivity index (χ0) is 15.1. The lowest BCUT2D eigenvalue weighted by molar-refractivity contribution is -0.140. The van der Waals surface area contributed by atoms with E-state index < -0.39 is 5.41 Å². The lowest BCUT2D eigenvalue weighted by Gasteiger charge is -2.37. The summed E-state index contributed by atoms with van der Waals surface area (Å²) >= 11 is 0. The zero-order valence-electron chi connectivity index (χ0n) is 12.4. The first-order chi connectivity index (χ1) is 8.91. The fraction of sp³-hybridized carbons (Fsp3) is 0.846. The second kappa shape index (κ2) is 7.99. The van der Waals surface area contributed by atoms with Crippen LogP contribution in [0.1, 0.15) is 47.0 Å². The van der Waals surface area contributed by atoms with Crippen LogP contribution < -0.4 is 5.73 Å². The average Bonchev–Trinajstić information content (AvgIpc) is 2.40. The molecule has 0 rings (SSSR count). The third-order valence-electron chi connectivity index (χ3n) is 3.66. The van der Waals surface area contributed by atoms with Gasteiger partial charge in [0.1, 0.15) is 5.41 Å². The Hall–Kier alpha value is -1.30. The van der Waals surface area contributed by atoms with E-state index in [1.165, 1.54) is 0 Å². The summed E-state index contributed by atoms with van der Waals surface area (Å²) in [6, 6.07) is 0.00279. The Kier molecular flexibility index (Phi) is 7.44. The minimum absolute atomic E-state index is 0.00279. The molecule has 0 fully saturated rings. The molecule has 0 heterocycles. The first kappa shape index (κ1) is 17.7. The van der Waals surface area contributed by atoms with Crippen LogP contribution in [0.4, 0.5) is 0 Å². The number of aliphatic hydroxyl groups is 1. The largest absolute Gasteiger partial charge is 0.409 e. The van der Waals surface area contributed by atoms with E-state index in [9.17, 15) is 4.79 Å². The van der Waals surface area contributed by atoms with E-state index in [1.807, 2.05) is 27.7 Å². The van der Waals surface area contributed by atoms with Gasteiger partial charge in [-0.15, -0.1) is 0 Å². The number of hydrogen-bond acceptors (Lipinski definition) is 4. The van der Waals surface area contributed by atoms with Crippen LogP contribution in [0.5, 0.6) is 0 Å². The molecule has 0 saturated heterocycles. The standard InChI is InChI=1S/C13H27N3O3/c1-5-13(6-2,11(14)15-19)12(18)16(10(3)4)8-7-9-17/h10,17,19H,5-9H2,1-4H3,(H2,14,15). The van der Waals surface area contributed by atoms with Gasteiger partial charge in [-0.2, -0.15) is 0 Å². The average molecular weight is 273 g/mol. The molecule has 6 heteroatoms. The Balaban J connectivity index is 5.36. The number of carbonyl (C=O) groups is 1. The van der Waals surface area contributed by atoms with E-state index in [2.05, 4.69) is 5.16 Å². The van der Waals surface area contributed by atoms with Crippen LogP contribution in [-0.2, 0) is 4.79 Å². The quantitative estimate of drug-likeness (QED) is 0.267. The van der Waals surface area contributed by atoms with Gasteiger partial charge in [0.05, 0.1) is 0 Å². The van der Waals surface area contributed by atoms with Crippen molar-refractivity contribution in [1.82, 2.24) is 4.90 Å². The summed E-state index contributed by atoms with van der Waals surface area (Å²) in [5, 5.41) is 20.9. The number of oxime groups is 1. The molecule has 1 amide bonds. The second-order valence-corrected chi connectivity index (χ2v) is 4.94. The summed E-state index contributed by atoms with van der Waals surface area (Å²) < 4.78 is 0. The van der Waals surface area contributed by atoms with Gasteiger partial charge in [0.2, 0.25) is 5.91 Å². The molecule has 0 atom stereocenters. The van der Waals surface area contributed by atoms with Crippen LogP contribution in [-0.4, -0.2) is 46.1 Å². The molecule has 0 aromatic rings. The van der Waals surface area contributed by atoms with Gasteiger partial charge in [-0.05, 0) is 33.1 Å². The van der Waals surface area contributed by atoms with Gasteiger partial charge in [0.15, 0.2) is 5.84 Å².